The van der Waals surface area contributed by atoms with Crippen LogP contribution in [0.3, 0.4) is 0 Å². The van der Waals surface area contributed by atoms with Crippen LogP contribution in [0.1, 0.15) is 12.5 Å². The summed E-state index contributed by atoms with van der Waals surface area (Å²) in [4.78, 5) is 64.8. The number of aromatic amines is 3. The molecule has 3 saturated heterocycles. The lowest BCUT2D eigenvalue weighted by molar-refractivity contribution is -0.745. The van der Waals surface area contributed by atoms with E-state index >= 15 is 0 Å². The van der Waals surface area contributed by atoms with E-state index in [0.717, 1.165) is 15.5 Å². The molecule has 4 aromatic heterocycles. The maximum Gasteiger partial charge on any atom is 0.472 e. The number of nitrogens with two attached hydrogens (primary N) is 2. The van der Waals surface area contributed by atoms with Gasteiger partial charge in [-0.1, -0.05) is 4.98 Å². The maximum absolute atomic E-state index is 13.1. The lowest BCUT2D eigenvalue weighted by atomic mass is 10.1. The zero-order chi connectivity index (χ0) is 32.7. The van der Waals surface area contributed by atoms with Crippen LogP contribution in [0, 0.1) is 0 Å². The molecule has 7 rings (SSSR count). The maximum atomic E-state index is 13.1. The molecule has 24 nitrogen and oxygen atoms in total. The number of hydrogen-bond acceptors (Lipinski definition) is 17. The summed E-state index contributed by atoms with van der Waals surface area (Å²) in [5.41, 5.74) is 9.54. The van der Waals surface area contributed by atoms with E-state index in [1.807, 2.05) is 0 Å². The third kappa shape index (κ3) is 5.33. The van der Waals surface area contributed by atoms with Gasteiger partial charge in [0.2, 0.25) is 17.7 Å². The van der Waals surface area contributed by atoms with E-state index in [1.165, 1.54) is 6.33 Å². The molecular formula is C20H25N10O14P2+. The lowest BCUT2D eigenvalue weighted by Crippen LogP contribution is -2.46. The van der Waals surface area contributed by atoms with Crippen LogP contribution in [0.15, 0.2) is 22.2 Å². The molecule has 10 atom stereocenters. The monoisotopic (exact) mass is 691 g/mol. The topological polar surface area (TPSA) is 351 Å². The number of imidazole rings is 2. The molecule has 0 amide bonds. The van der Waals surface area contributed by atoms with Gasteiger partial charge < -0.3 is 40.9 Å². The van der Waals surface area contributed by atoms with Crippen molar-refractivity contribution in [2.75, 3.05) is 24.7 Å². The molecule has 3 aliphatic heterocycles. The largest absolute Gasteiger partial charge is 0.472 e. The number of fused-ring (bicyclic) bond motifs is 4. The second kappa shape index (κ2) is 11.0. The molecule has 248 valence electrons. The number of anilines is 2. The number of ether oxygens (including phenoxy) is 2. The number of nitrogens with one attached hydrogen (secondary N) is 3. The fourth-order valence-corrected chi connectivity index (χ4v) is 7.37. The van der Waals surface area contributed by atoms with Crippen LogP contribution in [0.4, 0.5) is 11.9 Å². The van der Waals surface area contributed by atoms with Gasteiger partial charge in [-0.15, -0.1) is 0 Å². The van der Waals surface area contributed by atoms with Gasteiger partial charge in [0.1, 0.15) is 36.6 Å². The van der Waals surface area contributed by atoms with Crippen LogP contribution in [0.2, 0.25) is 0 Å². The number of rotatable bonds is 2. The highest BCUT2D eigenvalue weighted by Crippen LogP contribution is 2.53. The fourth-order valence-electron chi connectivity index (χ4n) is 5.44. The highest BCUT2D eigenvalue weighted by atomic mass is 31.2. The summed E-state index contributed by atoms with van der Waals surface area (Å²) in [5.74, 6) is -0.540. The first-order valence-electron chi connectivity index (χ1n) is 13.2. The van der Waals surface area contributed by atoms with Crippen molar-refractivity contribution < 1.29 is 61.3 Å². The Hall–Kier alpha value is -3.64. The van der Waals surface area contributed by atoms with Crippen LogP contribution in [0.5, 0.6) is 0 Å². The van der Waals surface area contributed by atoms with Crippen LogP contribution < -0.4 is 27.2 Å². The molecule has 0 spiro atoms. The van der Waals surface area contributed by atoms with Gasteiger partial charge in [-0.2, -0.15) is 4.98 Å². The first-order valence-corrected chi connectivity index (χ1v) is 16.2. The first kappa shape index (κ1) is 31.0. The number of hydrogen-bond donors (Lipinski definition) is 9. The van der Waals surface area contributed by atoms with Crippen molar-refractivity contribution >= 4 is 49.9 Å². The SMILES string of the molecule is Nc1nc2c(ncn2[C@@H]2O[C@@H]3COP(=O)(O)O[C@H]4[C@@H](O)[C@H]([n+]5c[nH]c6c(=O)[nH]c(N)nc65)O[C@@H]4COP(=O)(O)O[C@H]3[C@H]2O)c(=O)[nH]1. The minimum Gasteiger partial charge on any atom is -0.386 e. The average Bonchev–Trinajstić information content (AvgIpc) is 3.72. The summed E-state index contributed by atoms with van der Waals surface area (Å²) in [6.45, 7) is -1.73. The van der Waals surface area contributed by atoms with Crippen molar-refractivity contribution in [3.8, 4) is 0 Å². The molecule has 26 heteroatoms. The van der Waals surface area contributed by atoms with Crippen molar-refractivity contribution in [3.63, 3.8) is 0 Å². The van der Waals surface area contributed by atoms with Crippen molar-refractivity contribution in [1.29, 1.82) is 0 Å². The molecule has 11 N–H and O–H groups in total. The van der Waals surface area contributed by atoms with E-state index in [9.17, 15) is 38.7 Å². The van der Waals surface area contributed by atoms with Gasteiger partial charge in [0.15, 0.2) is 23.7 Å². The first-order chi connectivity index (χ1) is 21.7. The van der Waals surface area contributed by atoms with Crippen molar-refractivity contribution in [1.82, 2.24) is 34.5 Å². The molecule has 46 heavy (non-hydrogen) atoms. The van der Waals surface area contributed by atoms with E-state index in [4.69, 9.17) is 39.0 Å². The number of phosphoric acid groups is 2. The van der Waals surface area contributed by atoms with E-state index in [1.54, 1.807) is 0 Å². The standard InChI is InChI=1S/C20H24N10O14P2/c21-19-25-13-7(15(33)27-19)23-3-29(13)17-9(31)11-5(41-17)1-39-45(35,36)44-12-6(2-40-46(37,38)43-11)42-18(10(12)32)30-4-24-8-14(30)26-20(22)28-16(8)34/h3-6,9-12,17-18,31-32H,1-2H2,(H8,21,22,25,26,27,28,33,34,35,36,37,38)/p+1/t5-,6-,9-,10-,11-,12-,17-,18-/m1/s1. The molecule has 0 saturated carbocycles. The normalized spacial score (nSPS) is 37.1. The third-order valence-electron chi connectivity index (χ3n) is 7.44. The molecule has 0 bridgehead atoms. The minimum atomic E-state index is -5.09. The molecule has 3 aliphatic rings. The molecule has 0 aliphatic carbocycles. The molecule has 7 heterocycles. The molecule has 2 unspecified atom stereocenters. The predicted octanol–water partition coefficient (Wildman–Crippen LogP) is -3.63. The van der Waals surface area contributed by atoms with Gasteiger partial charge in [-0.05, 0) is 0 Å². The highest BCUT2D eigenvalue weighted by molar-refractivity contribution is 7.47. The highest BCUT2D eigenvalue weighted by Gasteiger charge is 2.54. The Labute approximate surface area is 253 Å². The fraction of sp³-hybridized carbons (Fsp3) is 0.500. The Balaban J connectivity index is 1.18. The third-order valence-corrected chi connectivity index (χ3v) is 9.41. The average molecular weight is 691 g/mol. The molecular weight excluding hydrogens is 666 g/mol. The van der Waals surface area contributed by atoms with Crippen molar-refractivity contribution in [2.24, 2.45) is 0 Å². The minimum absolute atomic E-state index is 0.0457. The Morgan fingerprint density at radius 2 is 1.52 bits per heavy atom. The number of nitrogen functional groups attached to an aromatic ring is 2. The quantitative estimate of drug-likeness (QED) is 0.0723. The summed E-state index contributed by atoms with van der Waals surface area (Å²) in [6, 6.07) is 0. The number of aromatic nitrogens is 8. The number of aliphatic hydroxyl groups is 2. The van der Waals surface area contributed by atoms with Gasteiger partial charge >= 0.3 is 21.3 Å². The molecule has 4 aromatic rings. The van der Waals surface area contributed by atoms with Gasteiger partial charge in [-0.3, -0.25) is 47.2 Å². The van der Waals surface area contributed by atoms with E-state index in [-0.39, 0.29) is 34.2 Å². The Morgan fingerprint density at radius 3 is 2.22 bits per heavy atom. The summed E-state index contributed by atoms with van der Waals surface area (Å²) in [5, 5.41) is 22.3. The smallest absolute Gasteiger partial charge is 0.386 e. The van der Waals surface area contributed by atoms with Crippen LogP contribution >= 0.6 is 15.6 Å². The second-order valence-corrected chi connectivity index (χ2v) is 13.2. The summed E-state index contributed by atoms with van der Waals surface area (Å²) in [6.07, 6.45) is -10.7. The van der Waals surface area contributed by atoms with E-state index in [2.05, 4.69) is 29.9 Å². The number of nitrogens with zero attached hydrogens (tertiary/aromatic N) is 5. The molecule has 0 radical (unpaired) electrons. The van der Waals surface area contributed by atoms with Crippen molar-refractivity contribution in [3.05, 3.63) is 33.4 Å². The van der Waals surface area contributed by atoms with E-state index in [0.29, 0.717) is 0 Å². The molecule has 0 aromatic carbocycles. The zero-order valence-electron chi connectivity index (χ0n) is 22.8. The number of aliphatic hydroxyl groups excluding tert-OH is 2. The van der Waals surface area contributed by atoms with Gasteiger partial charge in [0, 0.05) is 0 Å². The van der Waals surface area contributed by atoms with Gasteiger partial charge in [0.05, 0.1) is 19.5 Å². The predicted molar refractivity (Wildman–Crippen MR) is 145 cm³/mol. The van der Waals surface area contributed by atoms with Crippen molar-refractivity contribution in [2.45, 2.75) is 49.1 Å². The number of phosphoric ester groups is 2. The van der Waals surface area contributed by atoms with Crippen LogP contribution in [0.25, 0.3) is 22.3 Å². The van der Waals surface area contributed by atoms with Crippen LogP contribution in [-0.4, -0.2) is 104 Å². The van der Waals surface area contributed by atoms with Gasteiger partial charge in [-0.25, -0.2) is 18.7 Å². The Bertz CT molecular complexity index is 1900. The summed E-state index contributed by atoms with van der Waals surface area (Å²) in [7, 11) is -10.2. The summed E-state index contributed by atoms with van der Waals surface area (Å²) >= 11 is 0. The summed E-state index contributed by atoms with van der Waals surface area (Å²) < 4.78 is 60.7. The van der Waals surface area contributed by atoms with Crippen LogP contribution in [-0.2, 0) is 36.7 Å². The lowest BCUT2D eigenvalue weighted by Gasteiger charge is -2.27. The number of H-pyrrole nitrogens is 3. The second-order valence-electron chi connectivity index (χ2n) is 10.4. The zero-order valence-corrected chi connectivity index (χ0v) is 24.6. The molecule has 3 fully saturated rings. The Morgan fingerprint density at radius 1 is 0.913 bits per heavy atom. The van der Waals surface area contributed by atoms with Gasteiger partial charge in [0.25, 0.3) is 17.1 Å². The van der Waals surface area contributed by atoms with E-state index < -0.39 is 89.1 Å². The Kier molecular flexibility index (Phi) is 7.39.